The molecule has 6 heteroatoms. The number of amides is 1. The summed E-state index contributed by atoms with van der Waals surface area (Å²) in [6.07, 6.45) is 8.62. The molecule has 1 unspecified atom stereocenters. The summed E-state index contributed by atoms with van der Waals surface area (Å²) < 4.78 is 0. The number of non-ortho nitro benzene ring substituents is 1. The molecule has 1 aromatic rings. The highest BCUT2D eigenvalue weighted by Crippen LogP contribution is 2.31. The lowest BCUT2D eigenvalue weighted by molar-refractivity contribution is -0.385. The van der Waals surface area contributed by atoms with E-state index in [4.69, 9.17) is 0 Å². The average molecular weight is 373 g/mol. The molecule has 1 amide bonds. The molecule has 1 atom stereocenters. The van der Waals surface area contributed by atoms with Crippen LogP contribution >= 0.6 is 0 Å². The first-order valence-electron chi connectivity index (χ1n) is 10.4. The van der Waals surface area contributed by atoms with E-state index in [2.05, 4.69) is 17.1 Å². The first-order valence-corrected chi connectivity index (χ1v) is 10.4. The fourth-order valence-electron chi connectivity index (χ4n) is 4.59. The van der Waals surface area contributed by atoms with Crippen LogP contribution in [-0.2, 0) is 4.79 Å². The lowest BCUT2D eigenvalue weighted by Crippen LogP contribution is -2.45. The van der Waals surface area contributed by atoms with E-state index in [9.17, 15) is 14.9 Å². The van der Waals surface area contributed by atoms with Gasteiger partial charge < -0.3 is 5.32 Å². The van der Waals surface area contributed by atoms with Gasteiger partial charge in [0.2, 0.25) is 5.91 Å². The van der Waals surface area contributed by atoms with Crippen LogP contribution in [0.25, 0.3) is 0 Å². The van der Waals surface area contributed by atoms with Gasteiger partial charge in [-0.3, -0.25) is 19.8 Å². The molecule has 27 heavy (non-hydrogen) atoms. The summed E-state index contributed by atoms with van der Waals surface area (Å²) in [7, 11) is 0. The monoisotopic (exact) mass is 373 g/mol. The van der Waals surface area contributed by atoms with E-state index in [1.807, 2.05) is 6.07 Å². The summed E-state index contributed by atoms with van der Waals surface area (Å²) >= 11 is 0. The predicted molar refractivity (Wildman–Crippen MR) is 105 cm³/mol. The Morgan fingerprint density at radius 2 is 1.93 bits per heavy atom. The zero-order valence-corrected chi connectivity index (χ0v) is 16.2. The van der Waals surface area contributed by atoms with Gasteiger partial charge in [0, 0.05) is 30.1 Å². The Kier molecular flexibility index (Phi) is 6.83. The topological polar surface area (TPSA) is 75.5 Å². The molecular formula is C21H31N3O3. The van der Waals surface area contributed by atoms with Gasteiger partial charge in [0.1, 0.15) is 0 Å². The lowest BCUT2D eigenvalue weighted by Gasteiger charge is -2.37. The van der Waals surface area contributed by atoms with Crippen LogP contribution in [0, 0.1) is 16.0 Å². The summed E-state index contributed by atoms with van der Waals surface area (Å²) in [5.41, 5.74) is 1.14. The highest BCUT2D eigenvalue weighted by molar-refractivity contribution is 5.79. The number of hydrogen-bond donors (Lipinski definition) is 1. The van der Waals surface area contributed by atoms with Crippen molar-refractivity contribution in [3.05, 3.63) is 39.9 Å². The maximum atomic E-state index is 12.6. The van der Waals surface area contributed by atoms with Crippen molar-refractivity contribution in [1.29, 1.82) is 0 Å². The second-order valence-corrected chi connectivity index (χ2v) is 7.93. The van der Waals surface area contributed by atoms with Crippen LogP contribution in [0.4, 0.5) is 5.69 Å². The van der Waals surface area contributed by atoms with Crippen molar-refractivity contribution in [2.75, 3.05) is 13.1 Å². The Morgan fingerprint density at radius 1 is 1.22 bits per heavy atom. The molecule has 1 saturated carbocycles. The number of nitro benzene ring substituents is 1. The number of nitro groups is 1. The minimum absolute atomic E-state index is 0.103. The Hall–Kier alpha value is -1.95. The van der Waals surface area contributed by atoms with E-state index in [0.29, 0.717) is 6.04 Å². The fourth-order valence-corrected chi connectivity index (χ4v) is 4.59. The van der Waals surface area contributed by atoms with Crippen LogP contribution in [0.15, 0.2) is 24.3 Å². The zero-order valence-electron chi connectivity index (χ0n) is 16.2. The molecular weight excluding hydrogens is 342 g/mol. The van der Waals surface area contributed by atoms with Gasteiger partial charge in [0.15, 0.2) is 0 Å². The number of nitrogens with zero attached hydrogens (tertiary/aromatic N) is 2. The van der Waals surface area contributed by atoms with Gasteiger partial charge in [0.05, 0.1) is 4.92 Å². The molecule has 2 aliphatic rings. The molecule has 0 aromatic heterocycles. The van der Waals surface area contributed by atoms with Crippen molar-refractivity contribution in [2.45, 2.75) is 70.4 Å². The average Bonchev–Trinajstić information content (AvgIpc) is 2.70. The molecule has 1 heterocycles. The first kappa shape index (κ1) is 19.8. The van der Waals surface area contributed by atoms with Crippen molar-refractivity contribution >= 4 is 11.6 Å². The minimum Gasteiger partial charge on any atom is -0.353 e. The van der Waals surface area contributed by atoms with Gasteiger partial charge in [-0.1, -0.05) is 38.3 Å². The second kappa shape index (κ2) is 9.31. The SMILES string of the molecule is CCC(c1cccc([N+](=O)[O-])c1)N1CCC(C(=O)NC2CCCCC2)CC1. The summed E-state index contributed by atoms with van der Waals surface area (Å²) in [4.78, 5) is 25.7. The Bertz CT molecular complexity index is 650. The van der Waals surface area contributed by atoms with E-state index >= 15 is 0 Å². The number of carbonyl (C=O) groups is 1. The van der Waals surface area contributed by atoms with Crippen molar-refractivity contribution in [2.24, 2.45) is 5.92 Å². The highest BCUT2D eigenvalue weighted by Gasteiger charge is 2.30. The molecule has 1 aliphatic carbocycles. The van der Waals surface area contributed by atoms with Gasteiger partial charge in [-0.15, -0.1) is 0 Å². The summed E-state index contributed by atoms with van der Waals surface area (Å²) in [5, 5.41) is 14.3. The molecule has 1 aromatic carbocycles. The molecule has 2 fully saturated rings. The minimum atomic E-state index is -0.335. The van der Waals surface area contributed by atoms with Crippen LogP contribution in [0.3, 0.4) is 0 Å². The molecule has 1 N–H and O–H groups in total. The Morgan fingerprint density at radius 3 is 2.56 bits per heavy atom. The molecule has 6 nitrogen and oxygen atoms in total. The number of hydrogen-bond acceptors (Lipinski definition) is 4. The van der Waals surface area contributed by atoms with E-state index in [-0.39, 0.29) is 28.5 Å². The van der Waals surface area contributed by atoms with Gasteiger partial charge in [-0.2, -0.15) is 0 Å². The molecule has 0 bridgehead atoms. The molecule has 0 spiro atoms. The van der Waals surface area contributed by atoms with Crippen LogP contribution < -0.4 is 5.32 Å². The fraction of sp³-hybridized carbons (Fsp3) is 0.667. The Labute approximate surface area is 161 Å². The van der Waals surface area contributed by atoms with Crippen molar-refractivity contribution in [3.8, 4) is 0 Å². The van der Waals surface area contributed by atoms with Gasteiger partial charge >= 0.3 is 0 Å². The van der Waals surface area contributed by atoms with Crippen molar-refractivity contribution < 1.29 is 9.72 Å². The standard InChI is InChI=1S/C21H31N3O3/c1-2-20(17-7-6-10-19(15-17)24(26)27)23-13-11-16(12-14-23)21(25)22-18-8-4-3-5-9-18/h6-7,10,15-16,18,20H,2-5,8-9,11-14H2,1H3,(H,22,25). The number of piperidine rings is 1. The predicted octanol–water partition coefficient (Wildman–Crippen LogP) is 4.21. The van der Waals surface area contributed by atoms with Crippen molar-refractivity contribution in [1.82, 2.24) is 10.2 Å². The lowest BCUT2D eigenvalue weighted by atomic mass is 9.91. The smallest absolute Gasteiger partial charge is 0.269 e. The quantitative estimate of drug-likeness (QED) is 0.599. The molecule has 1 aliphatic heterocycles. The van der Waals surface area contributed by atoms with E-state index in [1.165, 1.54) is 25.3 Å². The first-order chi connectivity index (χ1) is 13.1. The van der Waals surface area contributed by atoms with E-state index in [0.717, 1.165) is 50.8 Å². The van der Waals surface area contributed by atoms with Gasteiger partial charge in [-0.05, 0) is 50.8 Å². The Balaban J connectivity index is 1.56. The normalized spacial score (nSPS) is 20.9. The van der Waals surface area contributed by atoms with Crippen LogP contribution in [0.2, 0.25) is 0 Å². The second-order valence-electron chi connectivity index (χ2n) is 7.93. The van der Waals surface area contributed by atoms with Crippen LogP contribution in [0.5, 0.6) is 0 Å². The zero-order chi connectivity index (χ0) is 19.2. The third-order valence-corrected chi connectivity index (χ3v) is 6.15. The molecule has 3 rings (SSSR count). The van der Waals surface area contributed by atoms with Gasteiger partial charge in [0.25, 0.3) is 5.69 Å². The van der Waals surface area contributed by atoms with E-state index in [1.54, 1.807) is 12.1 Å². The molecule has 148 valence electrons. The summed E-state index contributed by atoms with van der Waals surface area (Å²) in [6.45, 7) is 3.85. The number of carbonyl (C=O) groups excluding carboxylic acids is 1. The summed E-state index contributed by atoms with van der Waals surface area (Å²) in [6, 6.07) is 7.52. The maximum Gasteiger partial charge on any atom is 0.269 e. The largest absolute Gasteiger partial charge is 0.353 e. The maximum absolute atomic E-state index is 12.6. The third-order valence-electron chi connectivity index (χ3n) is 6.15. The van der Waals surface area contributed by atoms with Crippen LogP contribution in [0.1, 0.15) is 69.9 Å². The highest BCUT2D eigenvalue weighted by atomic mass is 16.6. The van der Waals surface area contributed by atoms with Crippen molar-refractivity contribution in [3.63, 3.8) is 0 Å². The molecule has 1 saturated heterocycles. The van der Waals surface area contributed by atoms with Gasteiger partial charge in [-0.25, -0.2) is 0 Å². The number of likely N-dealkylation sites (tertiary alicyclic amines) is 1. The van der Waals surface area contributed by atoms with E-state index < -0.39 is 0 Å². The summed E-state index contributed by atoms with van der Waals surface area (Å²) in [5.74, 6) is 0.329. The third kappa shape index (κ3) is 5.06. The number of rotatable bonds is 6. The number of benzene rings is 1. The molecule has 0 radical (unpaired) electrons. The number of nitrogens with one attached hydrogen (secondary N) is 1. The van der Waals surface area contributed by atoms with Crippen LogP contribution in [-0.4, -0.2) is 34.9 Å².